The minimum atomic E-state index is -1.98. The molecule has 6 aliphatic rings. The fraction of sp³-hybridized carbons (Fsp3) is 0.627. The Bertz CT molecular complexity index is 2490. The summed E-state index contributed by atoms with van der Waals surface area (Å²) in [4.78, 5) is 56.3. The van der Waals surface area contributed by atoms with Crippen molar-refractivity contribution < 1.29 is 58.5 Å². The Hall–Kier alpha value is -5.07. The number of rotatable bonds is 5. The first-order valence-electron chi connectivity index (χ1n) is 24.0. The number of carbonyl (C=O) groups excluding carboxylic acids is 3. The maximum absolute atomic E-state index is 14.9. The second-order valence-electron chi connectivity index (χ2n) is 20.2. The van der Waals surface area contributed by atoms with Crippen molar-refractivity contribution in [2.75, 3.05) is 52.3 Å². The van der Waals surface area contributed by atoms with Crippen LogP contribution in [0.1, 0.15) is 97.0 Å². The second-order valence-corrected chi connectivity index (χ2v) is 20.2. The highest BCUT2D eigenvalue weighted by Crippen LogP contribution is 2.51. The lowest BCUT2D eigenvalue weighted by atomic mass is 9.78. The molecule has 0 radical (unpaired) electrons. The van der Waals surface area contributed by atoms with Crippen LogP contribution in [0.5, 0.6) is 17.2 Å². The molecular formula is C51H71N5O12. The molecule has 8 rings (SSSR count). The van der Waals surface area contributed by atoms with Gasteiger partial charge in [0.25, 0.3) is 11.7 Å². The Kier molecular flexibility index (Phi) is 15.0. The van der Waals surface area contributed by atoms with Crippen molar-refractivity contribution in [3.05, 3.63) is 58.0 Å². The van der Waals surface area contributed by atoms with Gasteiger partial charge < -0.3 is 59.2 Å². The molecule has 6 heterocycles. The van der Waals surface area contributed by atoms with E-state index in [2.05, 4.69) is 29.1 Å². The molecule has 0 aromatic heterocycles. The molecule has 2 aromatic carbocycles. The van der Waals surface area contributed by atoms with Gasteiger partial charge in [0.2, 0.25) is 0 Å². The number of piperidine rings is 1. The van der Waals surface area contributed by atoms with Crippen LogP contribution in [0.3, 0.4) is 0 Å². The van der Waals surface area contributed by atoms with Crippen LogP contribution in [0.25, 0.3) is 10.8 Å². The van der Waals surface area contributed by atoms with E-state index in [1.165, 1.54) is 20.3 Å². The number of nitrogens with one attached hydrogen (secondary N) is 1. The molecule has 2 aromatic rings. The molecule has 68 heavy (non-hydrogen) atoms. The molecule has 372 valence electrons. The van der Waals surface area contributed by atoms with Gasteiger partial charge in [-0.25, -0.2) is 9.79 Å². The van der Waals surface area contributed by atoms with Crippen LogP contribution >= 0.6 is 0 Å². The molecule has 0 saturated carbocycles. The number of ketones is 1. The number of fused-ring (bicyclic) bond motifs is 13. The smallest absolute Gasteiger partial charge is 0.410 e. The van der Waals surface area contributed by atoms with Gasteiger partial charge in [-0.15, -0.1) is 0 Å². The largest absolute Gasteiger partial charge is 0.507 e. The maximum Gasteiger partial charge on any atom is 0.410 e. The predicted molar refractivity (Wildman–Crippen MR) is 254 cm³/mol. The van der Waals surface area contributed by atoms with E-state index >= 15 is 0 Å². The van der Waals surface area contributed by atoms with Gasteiger partial charge in [0.15, 0.2) is 5.75 Å². The average Bonchev–Trinajstić information content (AvgIpc) is 3.82. The lowest BCUT2D eigenvalue weighted by Crippen LogP contribution is -2.49. The number of carbonyl (C=O) groups is 3. The van der Waals surface area contributed by atoms with E-state index in [0.717, 1.165) is 19.6 Å². The summed E-state index contributed by atoms with van der Waals surface area (Å²) < 4.78 is 30.3. The van der Waals surface area contributed by atoms with E-state index in [1.807, 2.05) is 6.92 Å². The lowest BCUT2D eigenvalue weighted by Gasteiger charge is -2.39. The Morgan fingerprint density at radius 3 is 2.29 bits per heavy atom. The van der Waals surface area contributed by atoms with Crippen molar-refractivity contribution >= 4 is 34.2 Å². The number of phenolic OH excluding ortho intramolecular Hbond substituents is 2. The Morgan fingerprint density at radius 1 is 0.971 bits per heavy atom. The number of allylic oxidation sites excluding steroid dienone is 2. The van der Waals surface area contributed by atoms with Gasteiger partial charge >= 0.3 is 11.9 Å². The van der Waals surface area contributed by atoms with Gasteiger partial charge in [0.05, 0.1) is 41.2 Å². The number of Topliss-reactive ketones (excluding diaryl/α,β-unsaturated/α-hetero) is 1. The summed E-state index contributed by atoms with van der Waals surface area (Å²) in [6.07, 6.45) is 5.63. The molecule has 9 atom stereocenters. The summed E-state index contributed by atoms with van der Waals surface area (Å²) in [6, 6.07) is -0.106. The van der Waals surface area contributed by atoms with Gasteiger partial charge in [-0.3, -0.25) is 14.6 Å². The molecule has 17 heteroatoms. The minimum Gasteiger partial charge on any atom is -0.507 e. The summed E-state index contributed by atoms with van der Waals surface area (Å²) in [5.41, 5.74) is -0.137. The van der Waals surface area contributed by atoms with E-state index < -0.39 is 83.1 Å². The normalized spacial score (nSPS) is 32.1. The quantitative estimate of drug-likeness (QED) is 0.236. The van der Waals surface area contributed by atoms with E-state index in [1.54, 1.807) is 70.9 Å². The number of methoxy groups -OCH3 is 1. The fourth-order valence-electron chi connectivity index (χ4n) is 10.5. The molecule has 2 fully saturated rings. The highest BCUT2D eigenvalue weighted by molar-refractivity contribution is 6.21. The van der Waals surface area contributed by atoms with E-state index in [-0.39, 0.29) is 55.7 Å². The zero-order chi connectivity index (χ0) is 49.6. The van der Waals surface area contributed by atoms with Crippen LogP contribution in [0.4, 0.5) is 10.5 Å². The number of likely N-dealkylation sites (tertiary alicyclic amines) is 1. The first kappa shape index (κ1) is 50.8. The topological polar surface area (TPSA) is 222 Å². The molecule has 17 nitrogen and oxygen atoms in total. The zero-order valence-corrected chi connectivity index (χ0v) is 41.4. The number of amides is 2. The van der Waals surface area contributed by atoms with Crippen molar-refractivity contribution in [2.45, 2.75) is 130 Å². The number of nitrogens with zero attached hydrogens (tertiary/aromatic N) is 4. The van der Waals surface area contributed by atoms with Gasteiger partial charge in [0.1, 0.15) is 34.0 Å². The van der Waals surface area contributed by atoms with E-state index in [9.17, 15) is 34.8 Å². The molecular weight excluding hydrogens is 875 g/mol. The van der Waals surface area contributed by atoms with Crippen LogP contribution in [0, 0.1) is 36.5 Å². The van der Waals surface area contributed by atoms with Crippen LogP contribution in [0.15, 0.2) is 46.1 Å². The van der Waals surface area contributed by atoms with Crippen molar-refractivity contribution in [3.63, 3.8) is 0 Å². The number of aromatic hydroxyl groups is 2. The van der Waals surface area contributed by atoms with Gasteiger partial charge in [-0.2, -0.15) is 0 Å². The third kappa shape index (κ3) is 9.61. The summed E-state index contributed by atoms with van der Waals surface area (Å²) in [5, 5.41) is 51.3. The third-order valence-corrected chi connectivity index (χ3v) is 14.9. The zero-order valence-electron chi connectivity index (χ0n) is 41.4. The number of ether oxygens (including phenoxy) is 5. The first-order chi connectivity index (χ1) is 32.1. The van der Waals surface area contributed by atoms with Crippen LogP contribution in [-0.4, -0.2) is 137 Å². The predicted octanol–water partition coefficient (Wildman–Crippen LogP) is 5.43. The van der Waals surface area contributed by atoms with Crippen molar-refractivity contribution in [2.24, 2.45) is 39.6 Å². The van der Waals surface area contributed by atoms with Crippen molar-refractivity contribution in [3.8, 4) is 17.2 Å². The standard InChI is InChI=1S/C51H71N5O12/c1-26(2)25-56-20-18-51(19-21-56)53-38-35-36-43(59)32(8)46-37(35)47(61)50(9,68-46)66-24-17-34(64-11)29(5)45(67-49(63)55(10)33-15-22-65-23-16-33)31(7)42(58)30(6)41(57)27(3)13-12-14-28(4)48(62)52-40(44(36)60)39(38)54-51/h12-14,17,24,26-27,29-31,33-34,41-42,45,53,57-60H,15-16,18-23,25H2,1-11H3/b13-12+,24-17+,28-14-,52-40?/t27-,29+,30+,31+,34-,41-,42+,45+,50-/m0/s1. The molecule has 2 saturated heterocycles. The number of aliphatic hydroxyl groups is 2. The first-order valence-corrected chi connectivity index (χ1v) is 24.0. The second kappa shape index (κ2) is 20.1. The summed E-state index contributed by atoms with van der Waals surface area (Å²) in [7, 11) is 3.17. The Morgan fingerprint density at radius 2 is 1.65 bits per heavy atom. The number of phenols is 2. The maximum atomic E-state index is 14.9. The van der Waals surface area contributed by atoms with Gasteiger partial charge in [0, 0.05) is 113 Å². The molecule has 1 spiro atoms. The van der Waals surface area contributed by atoms with Gasteiger partial charge in [-0.05, 0) is 38.7 Å². The van der Waals surface area contributed by atoms with E-state index in [0.29, 0.717) is 50.5 Å². The molecule has 5 bridgehead atoms. The summed E-state index contributed by atoms with van der Waals surface area (Å²) >= 11 is 0. The third-order valence-electron chi connectivity index (χ3n) is 14.9. The fourth-order valence-corrected chi connectivity index (χ4v) is 10.5. The number of aliphatic hydroxyl groups excluding tert-OH is 2. The number of hydrogen-bond donors (Lipinski definition) is 5. The summed E-state index contributed by atoms with van der Waals surface area (Å²) in [5.74, 6) is -6.22. The molecule has 2 amide bonds. The van der Waals surface area contributed by atoms with Crippen LogP contribution in [0.2, 0.25) is 0 Å². The highest BCUT2D eigenvalue weighted by Gasteiger charge is 2.51. The van der Waals surface area contributed by atoms with Crippen molar-refractivity contribution in [1.29, 1.82) is 0 Å². The Labute approximate surface area is 398 Å². The number of hydrogen-bond acceptors (Lipinski definition) is 15. The molecule has 0 unspecified atom stereocenters. The Balaban J connectivity index is 1.35. The summed E-state index contributed by atoms with van der Waals surface area (Å²) in [6.45, 7) is 19.4. The average molecular weight is 946 g/mol. The minimum absolute atomic E-state index is 0.0498. The monoisotopic (exact) mass is 946 g/mol. The number of anilines is 1. The molecule has 5 N–H and O–H groups in total. The SMILES string of the molecule is CO[C@H]1/C=C/O[C@@]2(C)Oc3c(C)c(O)c4c(O)c(c5c(c4c3C2=O)NC2(CCN(CC(C)C)CC2)N=5)=NC(=O)/C(C)=C\C=C\[C@H](C)[C@H](O)[C@@H](C)[C@@H](O)[C@@H](C)[C@H](OC(=O)N(C)C2CCOCC2)[C@@H]1C. The van der Waals surface area contributed by atoms with Crippen LogP contribution < -0.4 is 20.8 Å². The molecule has 0 aliphatic carbocycles. The lowest BCUT2D eigenvalue weighted by molar-refractivity contribution is -0.114. The molecule has 6 aliphatic heterocycles. The van der Waals surface area contributed by atoms with Crippen molar-refractivity contribution in [1.82, 2.24) is 9.80 Å². The highest BCUT2D eigenvalue weighted by atomic mass is 16.7. The van der Waals surface area contributed by atoms with Gasteiger partial charge in [-0.1, -0.05) is 59.8 Å². The number of benzene rings is 2. The van der Waals surface area contributed by atoms with Crippen LogP contribution in [-0.2, 0) is 23.7 Å². The van der Waals surface area contributed by atoms with E-state index in [4.69, 9.17) is 28.7 Å².